The summed E-state index contributed by atoms with van der Waals surface area (Å²) in [5.74, 6) is -0.502. The Balaban J connectivity index is 1.53. The van der Waals surface area contributed by atoms with Gasteiger partial charge in [-0.3, -0.25) is 19.0 Å². The lowest BCUT2D eigenvalue weighted by Crippen LogP contribution is -2.41. The number of benzene rings is 1. The number of anilines is 1. The molecule has 1 N–H and O–H groups in total. The first-order chi connectivity index (χ1) is 17.5. The molecule has 0 unspecified atom stereocenters. The molecule has 2 amide bonds. The molecule has 0 atom stereocenters. The van der Waals surface area contributed by atoms with E-state index >= 15 is 0 Å². The lowest BCUT2D eigenvalue weighted by atomic mass is 10.0. The molecule has 0 radical (unpaired) electrons. The van der Waals surface area contributed by atoms with Crippen molar-refractivity contribution in [2.45, 2.75) is 33.9 Å². The molecule has 10 nitrogen and oxygen atoms in total. The van der Waals surface area contributed by atoms with Crippen LogP contribution in [0.15, 0.2) is 42.7 Å². The number of nitrogens with one attached hydrogen (secondary N) is 1. The maximum atomic E-state index is 13.7. The molecule has 0 aliphatic carbocycles. The first kappa shape index (κ1) is 23.7. The van der Waals surface area contributed by atoms with Crippen LogP contribution in [-0.4, -0.2) is 67.6 Å². The van der Waals surface area contributed by atoms with Gasteiger partial charge in [0.15, 0.2) is 0 Å². The number of amides is 2. The molecule has 1 aliphatic rings. The van der Waals surface area contributed by atoms with Crippen molar-refractivity contribution in [1.82, 2.24) is 29.4 Å². The Morgan fingerprint density at radius 2 is 1.89 bits per heavy atom. The Morgan fingerprint density at radius 1 is 1.11 bits per heavy atom. The number of hydrogen-bond acceptors (Lipinski definition) is 6. The third-order valence-corrected chi connectivity index (χ3v) is 6.40. The highest BCUT2D eigenvalue weighted by Crippen LogP contribution is 2.28. The number of aromatic nitrogens is 5. The van der Waals surface area contributed by atoms with Gasteiger partial charge in [-0.05, 0) is 32.9 Å². The van der Waals surface area contributed by atoms with Gasteiger partial charge in [-0.25, -0.2) is 4.98 Å². The summed E-state index contributed by atoms with van der Waals surface area (Å²) in [6.45, 7) is 9.11. The molecule has 36 heavy (non-hydrogen) atoms. The third kappa shape index (κ3) is 4.35. The maximum Gasteiger partial charge on any atom is 0.274 e. The first-order valence-electron chi connectivity index (χ1n) is 12.2. The summed E-state index contributed by atoms with van der Waals surface area (Å²) in [5, 5.41) is 12.6. The number of carbonyl (C=O) groups is 2. The van der Waals surface area contributed by atoms with Gasteiger partial charge in [-0.15, -0.1) is 0 Å². The molecular formula is C26H29N7O3. The molecule has 1 aliphatic heterocycles. The fourth-order valence-electron chi connectivity index (χ4n) is 4.48. The molecule has 1 fully saturated rings. The van der Waals surface area contributed by atoms with Crippen molar-refractivity contribution in [2.24, 2.45) is 0 Å². The molecule has 1 saturated heterocycles. The fraction of sp³-hybridized carbons (Fsp3) is 0.346. The molecule has 0 bridgehead atoms. The van der Waals surface area contributed by atoms with Crippen molar-refractivity contribution in [3.63, 3.8) is 0 Å². The Bertz CT molecular complexity index is 1430. The number of pyridine rings is 1. The smallest absolute Gasteiger partial charge is 0.274 e. The third-order valence-electron chi connectivity index (χ3n) is 6.40. The zero-order chi connectivity index (χ0) is 25.2. The average molecular weight is 488 g/mol. The van der Waals surface area contributed by atoms with E-state index in [1.165, 1.54) is 6.20 Å². The number of carbonyl (C=O) groups excluding carboxylic acids is 2. The van der Waals surface area contributed by atoms with Gasteiger partial charge in [-0.1, -0.05) is 18.2 Å². The second-order valence-electron chi connectivity index (χ2n) is 8.64. The van der Waals surface area contributed by atoms with Gasteiger partial charge < -0.3 is 15.0 Å². The molecule has 1 aromatic carbocycles. The predicted molar refractivity (Wildman–Crippen MR) is 136 cm³/mol. The molecular weight excluding hydrogens is 458 g/mol. The van der Waals surface area contributed by atoms with E-state index in [0.717, 1.165) is 23.2 Å². The summed E-state index contributed by atoms with van der Waals surface area (Å²) in [6.07, 6.45) is 3.48. The maximum absolute atomic E-state index is 13.7. The van der Waals surface area contributed by atoms with Crippen molar-refractivity contribution in [1.29, 1.82) is 0 Å². The van der Waals surface area contributed by atoms with E-state index in [1.54, 1.807) is 15.6 Å². The minimum absolute atomic E-state index is 0.171. The van der Waals surface area contributed by atoms with Crippen LogP contribution in [0, 0.1) is 6.92 Å². The SMILES string of the molecule is CCn1cc(-c2cc(C(=O)Nc3cnn(CC)c3C(=O)N3CCOCC3)c3ccccc3n2)c(C)n1. The highest BCUT2D eigenvalue weighted by Gasteiger charge is 2.27. The summed E-state index contributed by atoms with van der Waals surface area (Å²) in [4.78, 5) is 33.5. The summed E-state index contributed by atoms with van der Waals surface area (Å²) in [5.41, 5.74) is 4.31. The number of para-hydroxylation sites is 1. The highest BCUT2D eigenvalue weighted by atomic mass is 16.5. The molecule has 4 heterocycles. The van der Waals surface area contributed by atoms with E-state index < -0.39 is 0 Å². The number of ether oxygens (including phenoxy) is 1. The standard InChI is InChI=1S/C26H29N7O3/c1-4-32-16-20(17(3)30-32)22-14-19(18-8-6-7-9-21(18)28-22)25(34)29-23-15-27-33(5-2)24(23)26(35)31-10-12-36-13-11-31/h6-9,14-16H,4-5,10-13H2,1-3H3,(H,29,34). The topological polar surface area (TPSA) is 107 Å². The van der Waals surface area contributed by atoms with Gasteiger partial charge in [0.25, 0.3) is 11.8 Å². The zero-order valence-electron chi connectivity index (χ0n) is 20.7. The van der Waals surface area contributed by atoms with E-state index in [9.17, 15) is 9.59 Å². The Hall–Kier alpha value is -4.05. The summed E-state index contributed by atoms with van der Waals surface area (Å²) < 4.78 is 8.85. The Kier molecular flexibility index (Phi) is 6.51. The van der Waals surface area contributed by atoms with Crippen LogP contribution in [-0.2, 0) is 17.8 Å². The van der Waals surface area contributed by atoms with Gasteiger partial charge >= 0.3 is 0 Å². The molecule has 0 saturated carbocycles. The second kappa shape index (κ2) is 9.90. The quantitative estimate of drug-likeness (QED) is 0.447. The lowest BCUT2D eigenvalue weighted by Gasteiger charge is -2.27. The van der Waals surface area contributed by atoms with E-state index in [4.69, 9.17) is 9.72 Å². The van der Waals surface area contributed by atoms with Crippen molar-refractivity contribution in [2.75, 3.05) is 31.6 Å². The Labute approximate surface area is 208 Å². The van der Waals surface area contributed by atoms with Crippen LogP contribution >= 0.6 is 0 Å². The molecule has 4 aromatic rings. The van der Waals surface area contributed by atoms with Crippen molar-refractivity contribution in [3.8, 4) is 11.3 Å². The van der Waals surface area contributed by atoms with Crippen LogP contribution in [0.25, 0.3) is 22.2 Å². The van der Waals surface area contributed by atoms with Gasteiger partial charge in [0.2, 0.25) is 0 Å². The summed E-state index contributed by atoms with van der Waals surface area (Å²) in [7, 11) is 0. The monoisotopic (exact) mass is 487 g/mol. The van der Waals surface area contributed by atoms with Gasteiger partial charge in [0, 0.05) is 43.3 Å². The summed E-state index contributed by atoms with van der Waals surface area (Å²) in [6, 6.07) is 9.32. The average Bonchev–Trinajstić information content (AvgIpc) is 3.50. The van der Waals surface area contributed by atoms with Crippen LogP contribution in [0.1, 0.15) is 40.4 Å². The zero-order valence-corrected chi connectivity index (χ0v) is 20.7. The predicted octanol–water partition coefficient (Wildman–Crippen LogP) is 3.37. The van der Waals surface area contributed by atoms with Gasteiger partial charge in [0.05, 0.1) is 47.6 Å². The highest BCUT2D eigenvalue weighted by molar-refractivity contribution is 6.14. The van der Waals surface area contributed by atoms with E-state index in [2.05, 4.69) is 15.5 Å². The number of hydrogen-bond donors (Lipinski definition) is 1. The van der Waals surface area contributed by atoms with Crippen LogP contribution in [0.4, 0.5) is 5.69 Å². The first-order valence-corrected chi connectivity index (χ1v) is 12.2. The molecule has 10 heteroatoms. The minimum atomic E-state index is -0.331. The van der Waals surface area contributed by atoms with Gasteiger partial charge in [-0.2, -0.15) is 10.2 Å². The second-order valence-corrected chi connectivity index (χ2v) is 8.64. The van der Waals surface area contributed by atoms with Crippen LogP contribution in [0.5, 0.6) is 0 Å². The fourth-order valence-corrected chi connectivity index (χ4v) is 4.48. The van der Waals surface area contributed by atoms with Crippen molar-refractivity contribution in [3.05, 3.63) is 59.7 Å². The number of nitrogens with zero attached hydrogens (tertiary/aromatic N) is 6. The molecule has 5 rings (SSSR count). The summed E-state index contributed by atoms with van der Waals surface area (Å²) >= 11 is 0. The van der Waals surface area contributed by atoms with E-state index in [0.29, 0.717) is 61.0 Å². The van der Waals surface area contributed by atoms with Crippen molar-refractivity contribution >= 4 is 28.4 Å². The van der Waals surface area contributed by atoms with E-state index in [-0.39, 0.29) is 11.8 Å². The van der Waals surface area contributed by atoms with Crippen LogP contribution in [0.2, 0.25) is 0 Å². The Morgan fingerprint density at radius 3 is 2.61 bits per heavy atom. The lowest BCUT2D eigenvalue weighted by molar-refractivity contribution is 0.0295. The number of aryl methyl sites for hydroxylation is 3. The minimum Gasteiger partial charge on any atom is -0.378 e. The van der Waals surface area contributed by atoms with Crippen LogP contribution in [0.3, 0.4) is 0 Å². The van der Waals surface area contributed by atoms with Crippen LogP contribution < -0.4 is 5.32 Å². The molecule has 3 aromatic heterocycles. The molecule has 0 spiro atoms. The number of fused-ring (bicyclic) bond motifs is 1. The number of rotatable bonds is 6. The normalized spacial score (nSPS) is 13.8. The van der Waals surface area contributed by atoms with E-state index in [1.807, 2.05) is 55.9 Å². The van der Waals surface area contributed by atoms with Crippen molar-refractivity contribution < 1.29 is 14.3 Å². The largest absolute Gasteiger partial charge is 0.378 e. The molecule has 186 valence electrons. The number of morpholine rings is 1. The van der Waals surface area contributed by atoms with Gasteiger partial charge in [0.1, 0.15) is 5.69 Å².